The Balaban J connectivity index is 1.49. The van der Waals surface area contributed by atoms with Crippen LogP contribution in [0, 0.1) is 12.8 Å². The smallest absolute Gasteiger partial charge is 0.273 e. The van der Waals surface area contributed by atoms with E-state index in [2.05, 4.69) is 15.5 Å². The maximum atomic E-state index is 13.2. The van der Waals surface area contributed by atoms with Gasteiger partial charge in [0.15, 0.2) is 11.5 Å². The highest BCUT2D eigenvalue weighted by molar-refractivity contribution is 5.94. The molecule has 1 fully saturated rings. The summed E-state index contributed by atoms with van der Waals surface area (Å²) in [7, 11) is 0. The van der Waals surface area contributed by atoms with Gasteiger partial charge in [-0.2, -0.15) is 0 Å². The Bertz CT molecular complexity index is 1010. The monoisotopic (exact) mass is 404 g/mol. The summed E-state index contributed by atoms with van der Waals surface area (Å²) in [5, 5.41) is 6.76. The highest BCUT2D eigenvalue weighted by atomic mass is 16.5. The van der Waals surface area contributed by atoms with Crippen molar-refractivity contribution in [3.63, 3.8) is 0 Å². The third kappa shape index (κ3) is 5.11. The highest BCUT2D eigenvalue weighted by Gasteiger charge is 2.24. The van der Waals surface area contributed by atoms with Gasteiger partial charge in [0.25, 0.3) is 11.8 Å². The summed E-state index contributed by atoms with van der Waals surface area (Å²) in [6.45, 7) is 3.24. The average Bonchev–Trinajstić information content (AvgIpc) is 3.48. The number of benzene rings is 1. The summed E-state index contributed by atoms with van der Waals surface area (Å²) in [6, 6.07) is 12.8. The Labute approximate surface area is 175 Å². The second-order valence-electron chi connectivity index (χ2n) is 7.71. The predicted molar refractivity (Wildman–Crippen MR) is 111 cm³/mol. The van der Waals surface area contributed by atoms with Crippen molar-refractivity contribution in [2.45, 2.75) is 32.9 Å². The summed E-state index contributed by atoms with van der Waals surface area (Å²) in [6.07, 6.45) is 5.71. The lowest BCUT2D eigenvalue weighted by Gasteiger charge is -2.21. The molecule has 1 aliphatic carbocycles. The lowest BCUT2D eigenvalue weighted by Crippen LogP contribution is -2.30. The van der Waals surface area contributed by atoms with E-state index < -0.39 is 0 Å². The lowest BCUT2D eigenvalue weighted by atomic mass is 10.1. The molecule has 1 saturated carbocycles. The fourth-order valence-corrected chi connectivity index (χ4v) is 3.12. The Kier molecular flexibility index (Phi) is 5.88. The molecule has 1 aromatic carbocycles. The molecule has 2 heterocycles. The number of carbonyl (C=O) groups excluding carboxylic acids is 2. The molecule has 0 spiro atoms. The second-order valence-corrected chi connectivity index (χ2v) is 7.71. The average molecular weight is 404 g/mol. The minimum Gasteiger partial charge on any atom is -0.359 e. The number of nitrogens with one attached hydrogen (secondary N) is 1. The van der Waals surface area contributed by atoms with Crippen molar-refractivity contribution < 1.29 is 14.1 Å². The van der Waals surface area contributed by atoms with Gasteiger partial charge in [0.05, 0.1) is 6.54 Å². The van der Waals surface area contributed by atoms with E-state index in [-0.39, 0.29) is 24.1 Å². The molecule has 0 aliphatic heterocycles. The van der Waals surface area contributed by atoms with Crippen LogP contribution in [0.1, 0.15) is 50.6 Å². The van der Waals surface area contributed by atoms with Crippen molar-refractivity contribution in [3.05, 3.63) is 83.0 Å². The molecule has 154 valence electrons. The fourth-order valence-electron chi connectivity index (χ4n) is 3.12. The number of pyridine rings is 1. The molecular weight excluding hydrogens is 380 g/mol. The number of nitrogens with zero attached hydrogens (tertiary/aromatic N) is 3. The maximum absolute atomic E-state index is 13.2. The number of amides is 2. The van der Waals surface area contributed by atoms with Crippen molar-refractivity contribution in [2.75, 3.05) is 6.54 Å². The van der Waals surface area contributed by atoms with E-state index in [1.807, 2.05) is 43.3 Å². The molecule has 0 bridgehead atoms. The van der Waals surface area contributed by atoms with Crippen LogP contribution in [0.15, 0.2) is 59.4 Å². The van der Waals surface area contributed by atoms with Gasteiger partial charge in [-0.3, -0.25) is 14.6 Å². The minimum atomic E-state index is -0.248. The molecular formula is C23H24N4O3. The van der Waals surface area contributed by atoms with E-state index in [1.54, 1.807) is 23.4 Å². The van der Waals surface area contributed by atoms with E-state index in [0.29, 0.717) is 30.3 Å². The molecule has 4 rings (SSSR count). The molecule has 7 nitrogen and oxygen atoms in total. The summed E-state index contributed by atoms with van der Waals surface area (Å²) in [4.78, 5) is 31.1. The maximum Gasteiger partial charge on any atom is 0.273 e. The van der Waals surface area contributed by atoms with Gasteiger partial charge in [-0.1, -0.05) is 22.9 Å². The molecule has 3 aromatic rings. The molecule has 1 aliphatic rings. The van der Waals surface area contributed by atoms with E-state index in [4.69, 9.17) is 4.52 Å². The molecule has 1 N–H and O–H groups in total. The van der Waals surface area contributed by atoms with Gasteiger partial charge in [-0.25, -0.2) is 0 Å². The van der Waals surface area contributed by atoms with Crippen LogP contribution in [0.25, 0.3) is 0 Å². The minimum absolute atomic E-state index is 0.122. The SMILES string of the molecule is Cc1ccc(C(=O)N(Cc2ccncc2)Cc2cc(C(=O)NCC3CC3)no2)cc1. The van der Waals surface area contributed by atoms with Crippen LogP contribution in [0.3, 0.4) is 0 Å². The third-order valence-corrected chi connectivity index (χ3v) is 5.10. The van der Waals surface area contributed by atoms with Crippen LogP contribution < -0.4 is 5.32 Å². The number of aryl methyl sites for hydroxylation is 1. The van der Waals surface area contributed by atoms with Crippen molar-refractivity contribution in [3.8, 4) is 0 Å². The number of rotatable bonds is 8. The standard InChI is InChI=1S/C23H24N4O3/c1-16-2-6-19(7-3-16)23(29)27(14-18-8-10-24-11-9-18)15-20-12-21(26-30-20)22(28)25-13-17-4-5-17/h2-3,6-12,17H,4-5,13-15H2,1H3,(H,25,28). The molecule has 0 radical (unpaired) electrons. The highest BCUT2D eigenvalue weighted by Crippen LogP contribution is 2.27. The zero-order valence-electron chi connectivity index (χ0n) is 16.9. The summed E-state index contributed by atoms with van der Waals surface area (Å²) in [5.41, 5.74) is 2.87. The normalized spacial score (nSPS) is 13.1. The predicted octanol–water partition coefficient (Wildman–Crippen LogP) is 3.36. The van der Waals surface area contributed by atoms with Gasteiger partial charge in [-0.15, -0.1) is 0 Å². The van der Waals surface area contributed by atoms with Gasteiger partial charge >= 0.3 is 0 Å². The van der Waals surface area contributed by atoms with E-state index in [9.17, 15) is 9.59 Å². The number of hydrogen-bond donors (Lipinski definition) is 1. The summed E-state index contributed by atoms with van der Waals surface area (Å²) < 4.78 is 5.36. The lowest BCUT2D eigenvalue weighted by molar-refractivity contribution is 0.0713. The van der Waals surface area contributed by atoms with E-state index in [0.717, 1.165) is 24.0 Å². The first-order valence-corrected chi connectivity index (χ1v) is 10.1. The van der Waals surface area contributed by atoms with Gasteiger partial charge in [0, 0.05) is 37.1 Å². The molecule has 0 unspecified atom stereocenters. The van der Waals surface area contributed by atoms with Gasteiger partial charge < -0.3 is 14.7 Å². The van der Waals surface area contributed by atoms with Crippen LogP contribution in [0.5, 0.6) is 0 Å². The Morgan fingerprint density at radius 3 is 2.53 bits per heavy atom. The Hall–Kier alpha value is -3.48. The van der Waals surface area contributed by atoms with E-state index >= 15 is 0 Å². The van der Waals surface area contributed by atoms with Crippen LogP contribution >= 0.6 is 0 Å². The van der Waals surface area contributed by atoms with Gasteiger partial charge in [0.2, 0.25) is 0 Å². The molecule has 2 amide bonds. The van der Waals surface area contributed by atoms with Crippen molar-refractivity contribution in [1.82, 2.24) is 20.4 Å². The van der Waals surface area contributed by atoms with Crippen LogP contribution in [-0.2, 0) is 13.1 Å². The zero-order chi connectivity index (χ0) is 20.9. The first kappa shape index (κ1) is 19.8. The van der Waals surface area contributed by atoms with Crippen LogP contribution in [0.2, 0.25) is 0 Å². The first-order chi connectivity index (χ1) is 14.6. The van der Waals surface area contributed by atoms with Gasteiger partial charge in [0.1, 0.15) is 0 Å². The van der Waals surface area contributed by atoms with Crippen LogP contribution in [0.4, 0.5) is 0 Å². The van der Waals surface area contributed by atoms with Crippen molar-refractivity contribution in [2.24, 2.45) is 5.92 Å². The molecule has 2 aromatic heterocycles. The second kappa shape index (κ2) is 8.90. The topological polar surface area (TPSA) is 88.3 Å². The quantitative estimate of drug-likeness (QED) is 0.622. The fraction of sp³-hybridized carbons (Fsp3) is 0.304. The third-order valence-electron chi connectivity index (χ3n) is 5.10. The number of carbonyl (C=O) groups is 2. The van der Waals surface area contributed by atoms with Crippen molar-refractivity contribution >= 4 is 11.8 Å². The van der Waals surface area contributed by atoms with Crippen LogP contribution in [-0.4, -0.2) is 33.4 Å². The first-order valence-electron chi connectivity index (χ1n) is 10.1. The van der Waals surface area contributed by atoms with E-state index in [1.165, 1.54) is 0 Å². The molecule has 0 atom stereocenters. The van der Waals surface area contributed by atoms with Crippen molar-refractivity contribution in [1.29, 1.82) is 0 Å². The molecule has 30 heavy (non-hydrogen) atoms. The summed E-state index contributed by atoms with van der Waals surface area (Å²) >= 11 is 0. The molecule has 7 heteroatoms. The number of aromatic nitrogens is 2. The summed E-state index contributed by atoms with van der Waals surface area (Å²) in [5.74, 6) is 0.676. The molecule has 0 saturated heterocycles. The Morgan fingerprint density at radius 2 is 1.83 bits per heavy atom. The number of hydrogen-bond acceptors (Lipinski definition) is 5. The largest absolute Gasteiger partial charge is 0.359 e. The Morgan fingerprint density at radius 1 is 1.10 bits per heavy atom. The van der Waals surface area contributed by atoms with Gasteiger partial charge in [-0.05, 0) is 55.5 Å². The zero-order valence-corrected chi connectivity index (χ0v) is 16.9.